The van der Waals surface area contributed by atoms with E-state index < -0.39 is 0 Å². The molecule has 0 aliphatic carbocycles. The van der Waals surface area contributed by atoms with Gasteiger partial charge in [-0.1, -0.05) is 26.7 Å². The maximum atomic E-state index is 4.66. The molecule has 6 heteroatoms. The summed E-state index contributed by atoms with van der Waals surface area (Å²) in [6.45, 7) is 12.1. The number of aryl methyl sites for hydroxylation is 1. The van der Waals surface area contributed by atoms with E-state index in [1.165, 1.54) is 18.4 Å². The Morgan fingerprint density at radius 2 is 2.00 bits per heavy atom. The largest absolute Gasteiger partial charge is 0.357 e. The van der Waals surface area contributed by atoms with E-state index in [-0.39, 0.29) is 24.0 Å². The van der Waals surface area contributed by atoms with Crippen LogP contribution in [0.1, 0.15) is 39.2 Å². The third-order valence-corrected chi connectivity index (χ3v) is 3.40. The maximum absolute atomic E-state index is 4.66. The van der Waals surface area contributed by atoms with Crippen LogP contribution in [-0.4, -0.2) is 35.4 Å². The molecule has 5 nitrogen and oxygen atoms in total. The summed E-state index contributed by atoms with van der Waals surface area (Å²) in [5.41, 5.74) is 1.19. The van der Waals surface area contributed by atoms with Crippen LogP contribution in [0.3, 0.4) is 0 Å². The van der Waals surface area contributed by atoms with Gasteiger partial charge in [-0.15, -0.1) is 24.0 Å². The van der Waals surface area contributed by atoms with Gasteiger partial charge in [0.15, 0.2) is 5.96 Å². The van der Waals surface area contributed by atoms with Crippen LogP contribution in [0.4, 0.5) is 0 Å². The van der Waals surface area contributed by atoms with Crippen molar-refractivity contribution < 1.29 is 0 Å². The van der Waals surface area contributed by atoms with Crippen molar-refractivity contribution in [3.63, 3.8) is 0 Å². The summed E-state index contributed by atoms with van der Waals surface area (Å²) < 4.78 is 1.95. The highest BCUT2D eigenvalue weighted by Crippen LogP contribution is 2.06. The Morgan fingerprint density at radius 3 is 2.52 bits per heavy atom. The van der Waals surface area contributed by atoms with Crippen molar-refractivity contribution in [2.24, 2.45) is 10.9 Å². The van der Waals surface area contributed by atoms with Crippen LogP contribution < -0.4 is 10.6 Å². The van der Waals surface area contributed by atoms with Gasteiger partial charge in [0.1, 0.15) is 0 Å². The fraction of sp³-hybridized carbons (Fsp3) is 0.733. The second-order valence-electron chi connectivity index (χ2n) is 5.11. The maximum Gasteiger partial charge on any atom is 0.191 e. The molecule has 0 spiro atoms. The highest BCUT2D eigenvalue weighted by molar-refractivity contribution is 14.0. The average molecular weight is 407 g/mol. The number of aromatic nitrogens is 2. The van der Waals surface area contributed by atoms with Gasteiger partial charge in [-0.3, -0.25) is 9.67 Å². The van der Waals surface area contributed by atoms with Gasteiger partial charge in [0, 0.05) is 25.8 Å². The SMILES string of the molecule is CCNC(=NCC(CC)CC)NCCn1cc(C)cn1.I. The molecule has 1 rings (SSSR count). The topological polar surface area (TPSA) is 54.2 Å². The monoisotopic (exact) mass is 407 g/mol. The molecule has 0 unspecified atom stereocenters. The van der Waals surface area contributed by atoms with Crippen LogP contribution in [0.25, 0.3) is 0 Å². The lowest BCUT2D eigenvalue weighted by Crippen LogP contribution is -2.39. The molecule has 0 radical (unpaired) electrons. The van der Waals surface area contributed by atoms with Gasteiger partial charge >= 0.3 is 0 Å². The number of aliphatic imine (C=N–C) groups is 1. The molecule has 1 aromatic rings. The minimum absolute atomic E-state index is 0. The van der Waals surface area contributed by atoms with E-state index in [0.717, 1.165) is 32.1 Å². The zero-order chi connectivity index (χ0) is 14.8. The van der Waals surface area contributed by atoms with E-state index in [2.05, 4.69) is 54.6 Å². The van der Waals surface area contributed by atoms with Gasteiger partial charge in [0.2, 0.25) is 0 Å². The Balaban J connectivity index is 0.00000400. The first-order valence-electron chi connectivity index (χ1n) is 7.70. The van der Waals surface area contributed by atoms with E-state index in [9.17, 15) is 0 Å². The highest BCUT2D eigenvalue weighted by Gasteiger charge is 2.03. The summed E-state index contributed by atoms with van der Waals surface area (Å²) in [5.74, 6) is 1.59. The Labute approximate surface area is 146 Å². The minimum Gasteiger partial charge on any atom is -0.357 e. The molecule has 1 heterocycles. The fourth-order valence-corrected chi connectivity index (χ4v) is 1.99. The number of guanidine groups is 1. The lowest BCUT2D eigenvalue weighted by Gasteiger charge is -2.14. The lowest BCUT2D eigenvalue weighted by molar-refractivity contribution is 0.503. The summed E-state index contributed by atoms with van der Waals surface area (Å²) >= 11 is 0. The lowest BCUT2D eigenvalue weighted by atomic mass is 10.0. The van der Waals surface area contributed by atoms with Gasteiger partial charge in [-0.05, 0) is 25.3 Å². The van der Waals surface area contributed by atoms with Gasteiger partial charge in [0.05, 0.1) is 12.7 Å². The van der Waals surface area contributed by atoms with Crippen molar-refractivity contribution in [3.8, 4) is 0 Å². The molecule has 0 atom stereocenters. The predicted octanol–water partition coefficient (Wildman–Crippen LogP) is 2.80. The van der Waals surface area contributed by atoms with Crippen LogP contribution in [0.15, 0.2) is 17.4 Å². The smallest absolute Gasteiger partial charge is 0.191 e. The molecule has 0 saturated carbocycles. The van der Waals surface area contributed by atoms with Crippen LogP contribution in [0.2, 0.25) is 0 Å². The number of rotatable bonds is 8. The first-order chi connectivity index (χ1) is 9.69. The summed E-state index contributed by atoms with van der Waals surface area (Å²) in [6, 6.07) is 0. The van der Waals surface area contributed by atoms with Crippen LogP contribution in [0.5, 0.6) is 0 Å². The van der Waals surface area contributed by atoms with Crippen molar-refractivity contribution in [1.82, 2.24) is 20.4 Å². The fourth-order valence-electron chi connectivity index (χ4n) is 1.99. The highest BCUT2D eigenvalue weighted by atomic mass is 127. The third kappa shape index (κ3) is 8.28. The van der Waals surface area contributed by atoms with E-state index in [1.54, 1.807) is 0 Å². The summed E-state index contributed by atoms with van der Waals surface area (Å²) in [4.78, 5) is 4.66. The molecule has 0 aromatic carbocycles. The van der Waals surface area contributed by atoms with Crippen molar-refractivity contribution in [3.05, 3.63) is 18.0 Å². The molecule has 2 N–H and O–H groups in total. The summed E-state index contributed by atoms with van der Waals surface area (Å²) in [7, 11) is 0. The minimum atomic E-state index is 0. The van der Waals surface area contributed by atoms with E-state index in [0.29, 0.717) is 5.92 Å². The summed E-state index contributed by atoms with van der Waals surface area (Å²) in [5, 5.41) is 10.9. The first-order valence-corrected chi connectivity index (χ1v) is 7.70. The van der Waals surface area contributed by atoms with Gasteiger partial charge in [-0.25, -0.2) is 0 Å². The molecule has 1 aromatic heterocycles. The number of nitrogens with one attached hydrogen (secondary N) is 2. The van der Waals surface area contributed by atoms with Crippen LogP contribution >= 0.6 is 24.0 Å². The second-order valence-corrected chi connectivity index (χ2v) is 5.11. The second kappa shape index (κ2) is 11.8. The van der Waals surface area contributed by atoms with Crippen molar-refractivity contribution in [1.29, 1.82) is 0 Å². The molecule has 0 bridgehead atoms. The van der Waals surface area contributed by atoms with Gasteiger partial charge < -0.3 is 10.6 Å². The van der Waals surface area contributed by atoms with Crippen molar-refractivity contribution >= 4 is 29.9 Å². The molecular weight excluding hydrogens is 377 g/mol. The molecule has 0 amide bonds. The normalized spacial score (nSPS) is 11.4. The standard InChI is InChI=1S/C15H29N5.HI/c1-5-14(6-2)11-18-15(16-7-3)17-8-9-20-12-13(4)10-19-20;/h10,12,14H,5-9,11H2,1-4H3,(H2,16,17,18);1H. The molecular formula is C15H30IN5. The average Bonchev–Trinajstić information content (AvgIpc) is 2.85. The molecule has 21 heavy (non-hydrogen) atoms. The molecule has 0 fully saturated rings. The molecule has 0 aliphatic rings. The zero-order valence-corrected chi connectivity index (χ0v) is 16.1. The Hall–Kier alpha value is -0.790. The van der Waals surface area contributed by atoms with Crippen molar-refractivity contribution in [2.75, 3.05) is 19.6 Å². The van der Waals surface area contributed by atoms with E-state index in [4.69, 9.17) is 0 Å². The molecule has 0 saturated heterocycles. The van der Waals surface area contributed by atoms with Crippen LogP contribution in [0, 0.1) is 12.8 Å². The Morgan fingerprint density at radius 1 is 1.29 bits per heavy atom. The number of hydrogen-bond donors (Lipinski definition) is 2. The van der Waals surface area contributed by atoms with Gasteiger partial charge in [-0.2, -0.15) is 5.10 Å². The number of halogens is 1. The quantitative estimate of drug-likeness (QED) is 0.396. The Bertz CT molecular complexity index is 399. The Kier molecular flexibility index (Phi) is 11.4. The predicted molar refractivity (Wildman–Crippen MR) is 100 cm³/mol. The first kappa shape index (κ1) is 20.2. The van der Waals surface area contributed by atoms with E-state index >= 15 is 0 Å². The molecule has 0 aliphatic heterocycles. The number of hydrogen-bond acceptors (Lipinski definition) is 2. The molecule has 122 valence electrons. The third-order valence-electron chi connectivity index (χ3n) is 3.40. The van der Waals surface area contributed by atoms with Crippen molar-refractivity contribution in [2.45, 2.75) is 47.1 Å². The number of nitrogens with zero attached hydrogens (tertiary/aromatic N) is 3. The van der Waals surface area contributed by atoms with Gasteiger partial charge in [0.25, 0.3) is 0 Å². The van der Waals surface area contributed by atoms with E-state index in [1.807, 2.05) is 10.9 Å². The zero-order valence-electron chi connectivity index (χ0n) is 13.7. The summed E-state index contributed by atoms with van der Waals surface area (Å²) in [6.07, 6.45) is 6.31. The van der Waals surface area contributed by atoms with Crippen LogP contribution in [-0.2, 0) is 6.54 Å².